The number of aromatic nitrogens is 1. The zero-order chi connectivity index (χ0) is 12.1. The van der Waals surface area contributed by atoms with Crippen LogP contribution in [0.25, 0.3) is 0 Å². The summed E-state index contributed by atoms with van der Waals surface area (Å²) in [6.45, 7) is 4.33. The summed E-state index contributed by atoms with van der Waals surface area (Å²) in [6, 6.07) is 2.11. The van der Waals surface area contributed by atoms with Crippen LogP contribution in [0.5, 0.6) is 0 Å². The number of carbonyl (C=O) groups is 1. The summed E-state index contributed by atoms with van der Waals surface area (Å²) >= 11 is 0. The maximum absolute atomic E-state index is 11.3. The van der Waals surface area contributed by atoms with Gasteiger partial charge in [-0.15, -0.1) is 0 Å². The van der Waals surface area contributed by atoms with E-state index in [0.717, 1.165) is 25.9 Å². The van der Waals surface area contributed by atoms with E-state index >= 15 is 0 Å². The summed E-state index contributed by atoms with van der Waals surface area (Å²) < 4.78 is 0. The average Bonchev–Trinajstić information content (AvgIpc) is 3.12. The van der Waals surface area contributed by atoms with Crippen LogP contribution in [0.15, 0.2) is 18.5 Å². The second-order valence-electron chi connectivity index (χ2n) is 4.61. The first-order valence-corrected chi connectivity index (χ1v) is 6.14. The topological polar surface area (TPSA) is 54.0 Å². The Morgan fingerprint density at radius 3 is 2.94 bits per heavy atom. The van der Waals surface area contributed by atoms with Gasteiger partial charge >= 0.3 is 0 Å². The van der Waals surface area contributed by atoms with Gasteiger partial charge in [-0.1, -0.05) is 6.07 Å². The van der Waals surface area contributed by atoms with Crippen molar-refractivity contribution in [2.75, 3.05) is 13.1 Å². The predicted molar refractivity (Wildman–Crippen MR) is 66.4 cm³/mol. The van der Waals surface area contributed by atoms with Crippen LogP contribution in [0.2, 0.25) is 0 Å². The lowest BCUT2D eigenvalue weighted by Gasteiger charge is -2.06. The smallest absolute Gasteiger partial charge is 0.223 e. The van der Waals surface area contributed by atoms with E-state index in [4.69, 9.17) is 0 Å². The molecule has 1 aromatic heterocycles. The molecule has 0 aliphatic heterocycles. The van der Waals surface area contributed by atoms with E-state index in [1.54, 1.807) is 0 Å². The van der Waals surface area contributed by atoms with Crippen molar-refractivity contribution >= 4 is 5.91 Å². The zero-order valence-corrected chi connectivity index (χ0v) is 10.2. The average molecular weight is 233 g/mol. The van der Waals surface area contributed by atoms with E-state index in [-0.39, 0.29) is 5.91 Å². The third kappa shape index (κ3) is 4.15. The van der Waals surface area contributed by atoms with Gasteiger partial charge in [0.15, 0.2) is 0 Å². The minimum absolute atomic E-state index is 0.212. The Morgan fingerprint density at radius 2 is 2.24 bits per heavy atom. The summed E-state index contributed by atoms with van der Waals surface area (Å²) in [6.07, 6.45) is 5.84. The van der Waals surface area contributed by atoms with Crippen molar-refractivity contribution < 1.29 is 4.79 Å². The molecule has 0 saturated heterocycles. The standard InChI is InChI=1S/C13H19N3O/c1-10-6-11(9-15-7-10)8-14-4-5-16-13(17)12-2-3-12/h6-7,9,12,14H,2-5,8H2,1H3,(H,16,17). The van der Waals surface area contributed by atoms with Crippen LogP contribution in [0.3, 0.4) is 0 Å². The first-order chi connectivity index (χ1) is 8.25. The number of hydrogen-bond acceptors (Lipinski definition) is 3. The normalized spacial score (nSPS) is 14.6. The Morgan fingerprint density at radius 1 is 1.41 bits per heavy atom. The second-order valence-corrected chi connectivity index (χ2v) is 4.61. The second kappa shape index (κ2) is 5.77. The van der Waals surface area contributed by atoms with Crippen LogP contribution in [0.4, 0.5) is 0 Å². The van der Waals surface area contributed by atoms with Gasteiger partial charge in [0, 0.05) is 37.9 Å². The lowest BCUT2D eigenvalue weighted by atomic mass is 10.2. The Hall–Kier alpha value is -1.42. The van der Waals surface area contributed by atoms with Crippen molar-refractivity contribution in [3.05, 3.63) is 29.6 Å². The molecule has 1 aliphatic rings. The number of hydrogen-bond donors (Lipinski definition) is 2. The largest absolute Gasteiger partial charge is 0.355 e. The minimum atomic E-state index is 0.212. The predicted octanol–water partition coefficient (Wildman–Crippen LogP) is 1.01. The zero-order valence-electron chi connectivity index (χ0n) is 10.2. The van der Waals surface area contributed by atoms with E-state index in [1.807, 2.05) is 19.3 Å². The fourth-order valence-corrected chi connectivity index (χ4v) is 1.71. The van der Waals surface area contributed by atoms with Crippen molar-refractivity contribution in [2.24, 2.45) is 5.92 Å². The highest BCUT2D eigenvalue weighted by molar-refractivity contribution is 5.80. The molecule has 4 nitrogen and oxygen atoms in total. The van der Waals surface area contributed by atoms with Crippen molar-refractivity contribution in [1.29, 1.82) is 0 Å². The molecule has 1 saturated carbocycles. The fraction of sp³-hybridized carbons (Fsp3) is 0.538. The van der Waals surface area contributed by atoms with Crippen LogP contribution in [-0.2, 0) is 11.3 Å². The van der Waals surface area contributed by atoms with Gasteiger partial charge in [-0.05, 0) is 30.9 Å². The number of pyridine rings is 1. The SMILES string of the molecule is Cc1cncc(CNCCNC(=O)C2CC2)c1. The molecule has 0 spiro atoms. The number of amides is 1. The molecule has 0 atom stereocenters. The van der Waals surface area contributed by atoms with Crippen LogP contribution in [0.1, 0.15) is 24.0 Å². The van der Waals surface area contributed by atoms with Gasteiger partial charge < -0.3 is 10.6 Å². The number of nitrogens with one attached hydrogen (secondary N) is 2. The molecule has 17 heavy (non-hydrogen) atoms. The van der Waals surface area contributed by atoms with Gasteiger partial charge in [-0.2, -0.15) is 0 Å². The highest BCUT2D eigenvalue weighted by Crippen LogP contribution is 2.28. The molecule has 2 N–H and O–H groups in total. The summed E-state index contributed by atoms with van der Waals surface area (Å²) in [5.74, 6) is 0.514. The molecule has 0 bridgehead atoms. The first kappa shape index (κ1) is 12.0. The highest BCUT2D eigenvalue weighted by Gasteiger charge is 2.28. The highest BCUT2D eigenvalue weighted by atomic mass is 16.2. The van der Waals surface area contributed by atoms with E-state index in [9.17, 15) is 4.79 Å². The van der Waals surface area contributed by atoms with E-state index in [0.29, 0.717) is 12.5 Å². The molecule has 1 aliphatic carbocycles. The third-order valence-corrected chi connectivity index (χ3v) is 2.81. The molecule has 2 rings (SSSR count). The van der Waals surface area contributed by atoms with Gasteiger partial charge in [0.25, 0.3) is 0 Å². The lowest BCUT2D eigenvalue weighted by molar-refractivity contribution is -0.122. The summed E-state index contributed by atoms with van der Waals surface area (Å²) in [5.41, 5.74) is 2.35. The summed E-state index contributed by atoms with van der Waals surface area (Å²) in [5, 5.41) is 6.21. The van der Waals surface area contributed by atoms with Crippen molar-refractivity contribution in [1.82, 2.24) is 15.6 Å². The Kier molecular flexibility index (Phi) is 4.09. The molecule has 1 amide bonds. The quantitative estimate of drug-likeness (QED) is 0.721. The Labute approximate surface area is 102 Å². The minimum Gasteiger partial charge on any atom is -0.355 e. The van der Waals surface area contributed by atoms with Gasteiger partial charge in [0.1, 0.15) is 0 Å². The lowest BCUT2D eigenvalue weighted by Crippen LogP contribution is -2.32. The van der Waals surface area contributed by atoms with Crippen LogP contribution in [0, 0.1) is 12.8 Å². The van der Waals surface area contributed by atoms with Crippen LogP contribution < -0.4 is 10.6 Å². The number of nitrogens with zero attached hydrogens (tertiary/aromatic N) is 1. The van der Waals surface area contributed by atoms with Crippen molar-refractivity contribution in [3.63, 3.8) is 0 Å². The van der Waals surface area contributed by atoms with E-state index in [1.165, 1.54) is 11.1 Å². The van der Waals surface area contributed by atoms with E-state index in [2.05, 4.69) is 21.7 Å². The van der Waals surface area contributed by atoms with Crippen LogP contribution >= 0.6 is 0 Å². The maximum atomic E-state index is 11.3. The molecule has 0 radical (unpaired) electrons. The van der Waals surface area contributed by atoms with Crippen LogP contribution in [-0.4, -0.2) is 24.0 Å². The van der Waals surface area contributed by atoms with Gasteiger partial charge in [0.2, 0.25) is 5.91 Å². The molecule has 1 heterocycles. The molecule has 92 valence electrons. The first-order valence-electron chi connectivity index (χ1n) is 6.14. The molecule has 0 unspecified atom stereocenters. The molecule has 1 aromatic rings. The Bertz CT molecular complexity index is 388. The molecule has 4 heteroatoms. The summed E-state index contributed by atoms with van der Waals surface area (Å²) in [7, 11) is 0. The van der Waals surface area contributed by atoms with Crippen molar-refractivity contribution in [2.45, 2.75) is 26.3 Å². The van der Waals surface area contributed by atoms with Gasteiger partial charge in [-0.3, -0.25) is 9.78 Å². The van der Waals surface area contributed by atoms with Gasteiger partial charge in [-0.25, -0.2) is 0 Å². The molecular formula is C13H19N3O. The molecule has 1 fully saturated rings. The fourth-order valence-electron chi connectivity index (χ4n) is 1.71. The van der Waals surface area contributed by atoms with Crippen molar-refractivity contribution in [3.8, 4) is 0 Å². The number of aryl methyl sites for hydroxylation is 1. The summed E-state index contributed by atoms with van der Waals surface area (Å²) in [4.78, 5) is 15.5. The third-order valence-electron chi connectivity index (χ3n) is 2.81. The molecule has 0 aromatic carbocycles. The van der Waals surface area contributed by atoms with Gasteiger partial charge in [0.05, 0.1) is 0 Å². The number of carbonyl (C=O) groups excluding carboxylic acids is 1. The Balaban J connectivity index is 1.58. The number of rotatable bonds is 6. The monoisotopic (exact) mass is 233 g/mol. The molecular weight excluding hydrogens is 214 g/mol. The van der Waals surface area contributed by atoms with E-state index < -0.39 is 0 Å². The maximum Gasteiger partial charge on any atom is 0.223 e.